The first-order chi connectivity index (χ1) is 16.0. The maximum absolute atomic E-state index is 13.6. The van der Waals surface area contributed by atoms with E-state index in [1.54, 1.807) is 31.2 Å². The first kappa shape index (κ1) is 22.1. The molecule has 3 heterocycles. The second kappa shape index (κ2) is 9.55. The summed E-state index contributed by atoms with van der Waals surface area (Å²) in [7, 11) is 2.89. The summed E-state index contributed by atoms with van der Waals surface area (Å²) in [5, 5.41) is 14.9. The van der Waals surface area contributed by atoms with E-state index in [4.69, 9.17) is 14.3 Å². The number of rotatable bonds is 7. The zero-order valence-electron chi connectivity index (χ0n) is 18.2. The highest BCUT2D eigenvalue weighted by Gasteiger charge is 2.27. The number of benzene rings is 1. The first-order valence-corrected chi connectivity index (χ1v) is 10.0. The van der Waals surface area contributed by atoms with Crippen LogP contribution in [0.4, 0.5) is 4.39 Å². The van der Waals surface area contributed by atoms with Crippen molar-refractivity contribution in [2.24, 2.45) is 5.16 Å². The Balaban J connectivity index is 1.44. The van der Waals surface area contributed by atoms with Gasteiger partial charge >= 0.3 is 0 Å². The number of aryl methyl sites for hydroxylation is 1. The van der Waals surface area contributed by atoms with E-state index < -0.39 is 17.8 Å². The number of amides is 1. The lowest BCUT2D eigenvalue weighted by Crippen LogP contribution is -2.25. The van der Waals surface area contributed by atoms with Gasteiger partial charge in [0.15, 0.2) is 17.7 Å². The molecule has 4 rings (SSSR count). The van der Waals surface area contributed by atoms with E-state index in [2.05, 4.69) is 30.6 Å². The van der Waals surface area contributed by atoms with Crippen molar-refractivity contribution < 1.29 is 23.5 Å². The van der Waals surface area contributed by atoms with Gasteiger partial charge in [0, 0.05) is 19.0 Å². The number of halogens is 1. The lowest BCUT2D eigenvalue weighted by atomic mass is 10.1. The molecule has 1 N–H and O–H groups in total. The lowest BCUT2D eigenvalue weighted by Gasteiger charge is -2.09. The second-order valence-corrected chi connectivity index (χ2v) is 7.17. The van der Waals surface area contributed by atoms with Crippen molar-refractivity contribution in [3.05, 3.63) is 70.7 Å². The molecule has 0 radical (unpaired) electrons. The number of oxime groups is 1. The van der Waals surface area contributed by atoms with Crippen LogP contribution in [0.3, 0.4) is 0 Å². The van der Waals surface area contributed by atoms with Crippen molar-refractivity contribution >= 4 is 11.6 Å². The molecule has 1 aromatic carbocycles. The van der Waals surface area contributed by atoms with E-state index in [0.29, 0.717) is 40.8 Å². The molecule has 1 aliphatic heterocycles. The highest BCUT2D eigenvalue weighted by atomic mass is 19.1. The van der Waals surface area contributed by atoms with Crippen LogP contribution in [0.1, 0.15) is 45.8 Å². The molecule has 1 aliphatic rings. The molecule has 10 nitrogen and oxygen atoms in total. The molecule has 0 saturated heterocycles. The SMILES string of the molecule is COc1ccc(C2CC(c3cc(C(=O)NCc4ccc(F)c(OC)c4)nc(C)n3)=NO2)nn1. The summed E-state index contributed by atoms with van der Waals surface area (Å²) in [4.78, 5) is 26.8. The van der Waals surface area contributed by atoms with Gasteiger partial charge in [-0.05, 0) is 36.8 Å². The fourth-order valence-corrected chi connectivity index (χ4v) is 3.22. The molecule has 1 amide bonds. The number of nitrogens with zero attached hydrogens (tertiary/aromatic N) is 5. The van der Waals surface area contributed by atoms with E-state index >= 15 is 0 Å². The maximum Gasteiger partial charge on any atom is 0.270 e. The molecule has 170 valence electrons. The molecule has 1 atom stereocenters. The van der Waals surface area contributed by atoms with Crippen LogP contribution >= 0.6 is 0 Å². The Morgan fingerprint density at radius 1 is 1.15 bits per heavy atom. The molecule has 2 aromatic heterocycles. The zero-order valence-corrected chi connectivity index (χ0v) is 18.2. The average Bonchev–Trinajstić information content (AvgIpc) is 3.33. The third kappa shape index (κ3) is 5.03. The molecule has 33 heavy (non-hydrogen) atoms. The highest BCUT2D eigenvalue weighted by molar-refractivity contribution is 6.01. The van der Waals surface area contributed by atoms with Crippen molar-refractivity contribution in [2.75, 3.05) is 14.2 Å². The van der Waals surface area contributed by atoms with Crippen LogP contribution in [-0.2, 0) is 11.4 Å². The number of hydrogen-bond donors (Lipinski definition) is 1. The van der Waals surface area contributed by atoms with Crippen LogP contribution in [0.25, 0.3) is 0 Å². The van der Waals surface area contributed by atoms with Gasteiger partial charge in [-0.15, -0.1) is 10.2 Å². The van der Waals surface area contributed by atoms with E-state index in [-0.39, 0.29) is 18.0 Å². The number of ether oxygens (including phenoxy) is 2. The number of nitrogens with one attached hydrogen (secondary N) is 1. The van der Waals surface area contributed by atoms with Crippen molar-refractivity contribution in [3.63, 3.8) is 0 Å². The van der Waals surface area contributed by atoms with Crippen LogP contribution < -0.4 is 14.8 Å². The summed E-state index contributed by atoms with van der Waals surface area (Å²) in [5.41, 5.74) is 2.53. The van der Waals surface area contributed by atoms with Gasteiger partial charge in [-0.1, -0.05) is 11.2 Å². The Morgan fingerprint density at radius 2 is 2.00 bits per heavy atom. The van der Waals surface area contributed by atoms with Crippen LogP contribution in [0.5, 0.6) is 11.6 Å². The van der Waals surface area contributed by atoms with E-state index in [0.717, 1.165) is 0 Å². The van der Waals surface area contributed by atoms with Gasteiger partial charge in [0.2, 0.25) is 5.88 Å². The van der Waals surface area contributed by atoms with E-state index in [9.17, 15) is 9.18 Å². The quantitative estimate of drug-likeness (QED) is 0.581. The second-order valence-electron chi connectivity index (χ2n) is 7.17. The van der Waals surface area contributed by atoms with Crippen LogP contribution in [0.15, 0.2) is 41.6 Å². The topological polar surface area (TPSA) is 121 Å². The maximum atomic E-state index is 13.6. The van der Waals surface area contributed by atoms with Gasteiger partial charge in [0.1, 0.15) is 22.9 Å². The first-order valence-electron chi connectivity index (χ1n) is 10.0. The minimum Gasteiger partial charge on any atom is -0.494 e. The van der Waals surface area contributed by atoms with E-state index in [1.807, 2.05) is 0 Å². The summed E-state index contributed by atoms with van der Waals surface area (Å²) in [6.07, 6.45) is -0.00660. The fourth-order valence-electron chi connectivity index (χ4n) is 3.22. The fraction of sp³-hybridized carbons (Fsp3) is 0.273. The minimum atomic E-state index is -0.470. The molecule has 1 unspecified atom stereocenters. The van der Waals surface area contributed by atoms with Crippen LogP contribution in [0.2, 0.25) is 0 Å². The molecular weight excluding hydrogens is 431 g/mol. The normalized spacial score (nSPS) is 14.9. The zero-order chi connectivity index (χ0) is 23.4. The Labute approximate surface area is 188 Å². The molecule has 3 aromatic rings. The van der Waals surface area contributed by atoms with Gasteiger partial charge in [-0.3, -0.25) is 4.79 Å². The third-order valence-corrected chi connectivity index (χ3v) is 4.90. The predicted octanol–water partition coefficient (Wildman–Crippen LogP) is 2.53. The molecule has 0 bridgehead atoms. The third-order valence-electron chi connectivity index (χ3n) is 4.90. The summed E-state index contributed by atoms with van der Waals surface area (Å²) >= 11 is 0. The molecule has 0 saturated carbocycles. The van der Waals surface area contributed by atoms with Crippen molar-refractivity contribution in [1.82, 2.24) is 25.5 Å². The van der Waals surface area contributed by atoms with Gasteiger partial charge in [0.05, 0.1) is 19.9 Å². The number of carbonyl (C=O) groups excluding carboxylic acids is 1. The molecule has 0 fully saturated rings. The molecule has 0 aliphatic carbocycles. The predicted molar refractivity (Wildman–Crippen MR) is 114 cm³/mol. The Morgan fingerprint density at radius 3 is 2.73 bits per heavy atom. The largest absolute Gasteiger partial charge is 0.494 e. The van der Waals surface area contributed by atoms with Crippen molar-refractivity contribution in [3.8, 4) is 11.6 Å². The van der Waals surface area contributed by atoms with Gasteiger partial charge in [0.25, 0.3) is 5.91 Å². The van der Waals surface area contributed by atoms with E-state index in [1.165, 1.54) is 26.4 Å². The monoisotopic (exact) mass is 452 g/mol. The average molecular weight is 452 g/mol. The number of hydrogen-bond acceptors (Lipinski definition) is 9. The summed E-state index contributed by atoms with van der Waals surface area (Å²) in [6, 6.07) is 9.38. The van der Waals surface area contributed by atoms with Crippen molar-refractivity contribution in [1.29, 1.82) is 0 Å². The number of aromatic nitrogens is 4. The van der Waals surface area contributed by atoms with Crippen LogP contribution in [0, 0.1) is 12.7 Å². The lowest BCUT2D eigenvalue weighted by molar-refractivity contribution is 0.0817. The summed E-state index contributed by atoms with van der Waals surface area (Å²) in [6.45, 7) is 1.87. The number of methoxy groups -OCH3 is 2. The standard InChI is InChI=1S/C22H21FN6O4/c1-12-25-16(17-10-20(33-29-17)15-6-7-21(32-3)28-27-15)9-18(26-12)22(30)24-11-13-4-5-14(23)19(8-13)31-2/h4-9,20H,10-11H2,1-3H3,(H,24,30). The van der Waals surface area contributed by atoms with Crippen LogP contribution in [-0.4, -0.2) is 46.0 Å². The Hall–Kier alpha value is -4.15. The van der Waals surface area contributed by atoms with Gasteiger partial charge in [-0.25, -0.2) is 14.4 Å². The molecule has 11 heteroatoms. The minimum absolute atomic E-state index is 0.109. The smallest absolute Gasteiger partial charge is 0.270 e. The molecular formula is C22H21FN6O4. The Kier molecular flexibility index (Phi) is 6.38. The highest BCUT2D eigenvalue weighted by Crippen LogP contribution is 2.28. The summed E-state index contributed by atoms with van der Waals surface area (Å²) in [5.74, 6) is 0.0528. The Bertz CT molecular complexity index is 1200. The van der Waals surface area contributed by atoms with Gasteiger partial charge < -0.3 is 19.6 Å². The number of carbonyl (C=O) groups is 1. The van der Waals surface area contributed by atoms with Gasteiger partial charge in [-0.2, -0.15) is 0 Å². The molecule has 0 spiro atoms. The van der Waals surface area contributed by atoms with Crippen molar-refractivity contribution in [2.45, 2.75) is 26.0 Å². The summed E-state index contributed by atoms with van der Waals surface area (Å²) < 4.78 is 23.6.